The van der Waals surface area contributed by atoms with E-state index in [4.69, 9.17) is 30.8 Å². The van der Waals surface area contributed by atoms with Gasteiger partial charge in [-0.2, -0.15) is 0 Å². The Balaban J connectivity index is 2.04. The maximum absolute atomic E-state index is 13.9. The minimum atomic E-state index is -0.805. The summed E-state index contributed by atoms with van der Waals surface area (Å²) in [6.07, 6.45) is 3.12. The van der Waals surface area contributed by atoms with Crippen molar-refractivity contribution in [2.45, 2.75) is 39.7 Å². The molecule has 2 aromatic carbocycles. The van der Waals surface area contributed by atoms with E-state index >= 15 is 0 Å². The first-order valence-electron chi connectivity index (χ1n) is 12.0. The Morgan fingerprint density at radius 3 is 2.57 bits per heavy atom. The van der Waals surface area contributed by atoms with Crippen LogP contribution in [0, 0.1) is 6.92 Å². The number of halogens is 1. The number of allylic oxidation sites excluding steroid dienone is 1. The second-order valence-electron chi connectivity index (χ2n) is 8.53. The number of hydrogen-bond acceptors (Lipinski definition) is 7. The number of hydrogen-bond donors (Lipinski definition) is 0. The van der Waals surface area contributed by atoms with Gasteiger partial charge in [-0.25, -0.2) is 9.79 Å². The highest BCUT2D eigenvalue weighted by Crippen LogP contribution is 2.38. The Morgan fingerprint density at radius 1 is 1.14 bits per heavy atom. The number of methoxy groups -OCH3 is 2. The van der Waals surface area contributed by atoms with E-state index < -0.39 is 12.0 Å². The number of carbonyl (C=O) groups excluding carboxylic acids is 1. The van der Waals surface area contributed by atoms with E-state index in [0.717, 1.165) is 23.3 Å². The summed E-state index contributed by atoms with van der Waals surface area (Å²) in [6, 6.07) is 10.1. The molecule has 3 aromatic rings. The van der Waals surface area contributed by atoms with E-state index in [1.807, 2.05) is 38.1 Å². The molecule has 7 nitrogen and oxygen atoms in total. The lowest BCUT2D eigenvalue weighted by Crippen LogP contribution is -2.40. The van der Waals surface area contributed by atoms with Crippen molar-refractivity contribution in [2.24, 2.45) is 4.99 Å². The molecule has 0 unspecified atom stereocenters. The second-order valence-corrected chi connectivity index (χ2v) is 9.97. The van der Waals surface area contributed by atoms with E-state index in [1.165, 1.54) is 11.3 Å². The topological polar surface area (TPSA) is 79.1 Å². The molecular formula is C28H29ClN2O5S. The van der Waals surface area contributed by atoms with E-state index in [0.29, 0.717) is 43.4 Å². The lowest BCUT2D eigenvalue weighted by molar-refractivity contribution is -0.139. The van der Waals surface area contributed by atoms with E-state index in [9.17, 15) is 9.59 Å². The highest BCUT2D eigenvalue weighted by molar-refractivity contribution is 7.07. The van der Waals surface area contributed by atoms with E-state index in [2.05, 4.69) is 0 Å². The quantitative estimate of drug-likeness (QED) is 0.391. The third-order valence-corrected chi connectivity index (χ3v) is 7.33. The van der Waals surface area contributed by atoms with Crippen LogP contribution in [0.5, 0.6) is 11.5 Å². The lowest BCUT2D eigenvalue weighted by atomic mass is 9.93. The SMILES string of the molecule is CCCC1=C(C(=O)OCC)[C@@H](c2cc(Cl)ccc2OC)n2c(s/c(=C/c3ccc(C)c(OC)c3)c2=O)=N1. The van der Waals surface area contributed by atoms with Gasteiger partial charge in [-0.3, -0.25) is 9.36 Å². The van der Waals surface area contributed by atoms with Crippen LogP contribution >= 0.6 is 22.9 Å². The highest BCUT2D eigenvalue weighted by atomic mass is 35.5. The fourth-order valence-electron chi connectivity index (χ4n) is 4.41. The Bertz CT molecular complexity index is 1550. The lowest BCUT2D eigenvalue weighted by Gasteiger charge is -2.27. The van der Waals surface area contributed by atoms with Gasteiger partial charge in [0.1, 0.15) is 17.5 Å². The first-order chi connectivity index (χ1) is 17.8. The van der Waals surface area contributed by atoms with Gasteiger partial charge in [0, 0.05) is 10.6 Å². The van der Waals surface area contributed by atoms with Gasteiger partial charge in [0.15, 0.2) is 4.80 Å². The number of carbonyl (C=O) groups is 1. The zero-order valence-electron chi connectivity index (χ0n) is 21.5. The van der Waals surface area contributed by atoms with Crippen LogP contribution in [0.2, 0.25) is 5.02 Å². The molecule has 1 aliphatic rings. The van der Waals surface area contributed by atoms with Crippen molar-refractivity contribution in [2.75, 3.05) is 20.8 Å². The molecule has 0 saturated carbocycles. The van der Waals surface area contributed by atoms with Gasteiger partial charge in [-0.05, 0) is 61.7 Å². The zero-order valence-corrected chi connectivity index (χ0v) is 23.0. The maximum Gasteiger partial charge on any atom is 0.338 e. The standard InChI is InChI=1S/C28H29ClN2O5S/c1-6-8-20-24(27(33)36-7-2)25(19-15-18(29)11-12-21(19)34-4)31-26(32)23(37-28(31)30-20)14-17-10-9-16(3)22(13-17)35-5/h9-15,25H,6-8H2,1-5H3/b23-14+/t25-/m1/s1. The van der Waals surface area contributed by atoms with Crippen LogP contribution in [-0.4, -0.2) is 31.4 Å². The molecule has 0 aliphatic carbocycles. The monoisotopic (exact) mass is 540 g/mol. The average Bonchev–Trinajstić information content (AvgIpc) is 3.19. The van der Waals surface area contributed by atoms with Crippen LogP contribution in [0.3, 0.4) is 0 Å². The number of ether oxygens (including phenoxy) is 3. The molecule has 0 saturated heterocycles. The molecule has 0 spiro atoms. The Kier molecular flexibility index (Phi) is 8.19. The largest absolute Gasteiger partial charge is 0.496 e. The van der Waals surface area contributed by atoms with Crippen molar-refractivity contribution < 1.29 is 19.0 Å². The van der Waals surface area contributed by atoms with Gasteiger partial charge < -0.3 is 14.2 Å². The summed E-state index contributed by atoms with van der Waals surface area (Å²) in [5, 5.41) is 0.460. The van der Waals surface area contributed by atoms with Crippen molar-refractivity contribution in [3.8, 4) is 11.5 Å². The Morgan fingerprint density at radius 2 is 1.89 bits per heavy atom. The predicted molar refractivity (Wildman–Crippen MR) is 145 cm³/mol. The van der Waals surface area contributed by atoms with Crippen LogP contribution < -0.4 is 24.4 Å². The Labute approximate surface area is 224 Å². The molecule has 1 aliphatic heterocycles. The molecular weight excluding hydrogens is 512 g/mol. The van der Waals surface area contributed by atoms with Gasteiger partial charge in [0.05, 0.1) is 36.6 Å². The molecule has 0 amide bonds. The van der Waals surface area contributed by atoms with E-state index in [1.54, 1.807) is 43.9 Å². The second kappa shape index (κ2) is 11.4. The first-order valence-corrected chi connectivity index (χ1v) is 13.2. The summed E-state index contributed by atoms with van der Waals surface area (Å²) in [6.45, 7) is 5.92. The third kappa shape index (κ3) is 5.22. The summed E-state index contributed by atoms with van der Waals surface area (Å²) in [5.74, 6) is 0.726. The van der Waals surface area contributed by atoms with Crippen LogP contribution in [0.15, 0.2) is 57.5 Å². The van der Waals surface area contributed by atoms with Crippen molar-refractivity contribution in [3.63, 3.8) is 0 Å². The number of aromatic nitrogens is 1. The van der Waals surface area contributed by atoms with Gasteiger partial charge in [-0.15, -0.1) is 0 Å². The number of benzene rings is 2. The molecule has 2 heterocycles. The van der Waals surface area contributed by atoms with Crippen LogP contribution in [-0.2, 0) is 9.53 Å². The van der Waals surface area contributed by atoms with Gasteiger partial charge in [0.2, 0.25) is 0 Å². The number of aryl methyl sites for hydroxylation is 1. The average molecular weight is 541 g/mol. The maximum atomic E-state index is 13.9. The number of rotatable bonds is 8. The van der Waals surface area contributed by atoms with Gasteiger partial charge >= 0.3 is 5.97 Å². The third-order valence-electron chi connectivity index (χ3n) is 6.11. The number of fused-ring (bicyclic) bond motifs is 1. The number of thiazole rings is 1. The van der Waals surface area contributed by atoms with Crippen LogP contribution in [0.4, 0.5) is 0 Å². The predicted octanol–water partition coefficient (Wildman–Crippen LogP) is 4.56. The highest BCUT2D eigenvalue weighted by Gasteiger charge is 2.36. The van der Waals surface area contributed by atoms with Crippen LogP contribution in [0.1, 0.15) is 49.4 Å². The molecule has 194 valence electrons. The van der Waals surface area contributed by atoms with Crippen molar-refractivity contribution in [1.29, 1.82) is 0 Å². The summed E-state index contributed by atoms with van der Waals surface area (Å²) in [4.78, 5) is 32.5. The molecule has 1 aromatic heterocycles. The molecule has 9 heteroatoms. The number of nitrogens with zero attached hydrogens (tertiary/aromatic N) is 2. The molecule has 37 heavy (non-hydrogen) atoms. The molecule has 0 N–H and O–H groups in total. The Hall–Kier alpha value is -3.36. The normalized spacial score (nSPS) is 15.3. The first kappa shape index (κ1) is 26.7. The van der Waals surface area contributed by atoms with E-state index in [-0.39, 0.29) is 12.2 Å². The van der Waals surface area contributed by atoms with Gasteiger partial charge in [0.25, 0.3) is 5.56 Å². The van der Waals surface area contributed by atoms with Crippen LogP contribution in [0.25, 0.3) is 6.08 Å². The van der Waals surface area contributed by atoms with Crippen molar-refractivity contribution in [1.82, 2.24) is 4.57 Å². The van der Waals surface area contributed by atoms with Crippen molar-refractivity contribution >= 4 is 35.0 Å². The molecule has 0 bridgehead atoms. The number of esters is 1. The fourth-order valence-corrected chi connectivity index (χ4v) is 5.61. The summed E-state index contributed by atoms with van der Waals surface area (Å²) >= 11 is 7.66. The minimum absolute atomic E-state index is 0.195. The van der Waals surface area contributed by atoms with Gasteiger partial charge in [-0.1, -0.05) is 48.4 Å². The summed E-state index contributed by atoms with van der Waals surface area (Å²) < 4.78 is 18.6. The summed E-state index contributed by atoms with van der Waals surface area (Å²) in [7, 11) is 3.16. The summed E-state index contributed by atoms with van der Waals surface area (Å²) in [5.41, 5.74) is 3.05. The molecule has 0 radical (unpaired) electrons. The smallest absolute Gasteiger partial charge is 0.338 e. The molecule has 0 fully saturated rings. The minimum Gasteiger partial charge on any atom is -0.496 e. The van der Waals surface area contributed by atoms with Crippen molar-refractivity contribution in [3.05, 3.63) is 89.1 Å². The molecule has 4 rings (SSSR count). The zero-order chi connectivity index (χ0) is 26.7. The molecule has 1 atom stereocenters. The fraction of sp³-hybridized carbons (Fsp3) is 0.321.